The van der Waals surface area contributed by atoms with E-state index in [-0.39, 0.29) is 15.4 Å². The van der Waals surface area contributed by atoms with E-state index in [1.807, 2.05) is 0 Å². The van der Waals surface area contributed by atoms with E-state index in [4.69, 9.17) is 9.84 Å². The first-order valence-electron chi connectivity index (χ1n) is 7.09. The van der Waals surface area contributed by atoms with Crippen LogP contribution < -0.4 is 4.74 Å². The zero-order valence-electron chi connectivity index (χ0n) is 12.7. The molecule has 25 heavy (non-hydrogen) atoms. The largest absolute Gasteiger partial charge is 0.478 e. The predicted molar refractivity (Wildman–Crippen MR) is 87.4 cm³/mol. The lowest BCUT2D eigenvalue weighted by molar-refractivity contribution is 0.0696. The number of carboxylic acid groups (broad SMARTS) is 1. The molecule has 0 saturated carbocycles. The third-order valence-corrected chi connectivity index (χ3v) is 5.11. The molecule has 0 atom stereocenters. The molecule has 0 spiro atoms. The number of hydrogen-bond donors (Lipinski definition) is 1. The maximum Gasteiger partial charge on any atom is 0.335 e. The van der Waals surface area contributed by atoms with Gasteiger partial charge >= 0.3 is 5.97 Å². The normalized spacial score (nSPS) is 11.0. The van der Waals surface area contributed by atoms with Gasteiger partial charge < -0.3 is 9.84 Å². The Labute approximate surface area is 143 Å². The first-order chi connectivity index (χ1) is 12.0. The second-order valence-corrected chi connectivity index (χ2v) is 6.90. The maximum absolute atomic E-state index is 12.6. The third kappa shape index (κ3) is 3.64. The number of carboxylic acids is 1. The molecule has 8 heteroatoms. The maximum atomic E-state index is 12.6. The van der Waals surface area contributed by atoms with E-state index in [0.717, 1.165) is 0 Å². The molecule has 0 fully saturated rings. The van der Waals surface area contributed by atoms with E-state index in [1.54, 1.807) is 6.07 Å². The standard InChI is InChI=1S/C17H12N2O5S/c20-17(21)12-1-5-14(6-2-12)25(22,23)15-7-3-13(4-8-15)24-16-9-10-18-11-19-16/h1-11H,(H,20,21). The Hall–Kier alpha value is -3.26. The highest BCUT2D eigenvalue weighted by Crippen LogP contribution is 2.25. The van der Waals surface area contributed by atoms with E-state index in [0.29, 0.717) is 11.6 Å². The highest BCUT2D eigenvalue weighted by molar-refractivity contribution is 7.91. The van der Waals surface area contributed by atoms with Crippen molar-refractivity contribution in [2.75, 3.05) is 0 Å². The van der Waals surface area contributed by atoms with Gasteiger partial charge in [0, 0.05) is 12.3 Å². The zero-order chi connectivity index (χ0) is 17.9. The summed E-state index contributed by atoms with van der Waals surface area (Å²) in [6.07, 6.45) is 2.87. The van der Waals surface area contributed by atoms with Crippen molar-refractivity contribution in [2.24, 2.45) is 0 Å². The summed E-state index contributed by atoms with van der Waals surface area (Å²) in [6, 6.07) is 12.5. The van der Waals surface area contributed by atoms with Crippen LogP contribution >= 0.6 is 0 Å². The molecule has 0 bridgehead atoms. The Morgan fingerprint density at radius 1 is 0.920 bits per heavy atom. The van der Waals surface area contributed by atoms with E-state index in [1.165, 1.54) is 61.1 Å². The number of sulfone groups is 1. The van der Waals surface area contributed by atoms with Crippen LogP contribution in [0.25, 0.3) is 0 Å². The van der Waals surface area contributed by atoms with Crippen molar-refractivity contribution in [3.63, 3.8) is 0 Å². The second kappa shape index (κ2) is 6.70. The summed E-state index contributed by atoms with van der Waals surface area (Å²) in [7, 11) is -3.75. The topological polar surface area (TPSA) is 106 Å². The first kappa shape index (κ1) is 16.6. The Morgan fingerprint density at radius 2 is 1.52 bits per heavy atom. The summed E-state index contributed by atoms with van der Waals surface area (Å²) in [5.74, 6) is -0.344. The number of aromatic carboxylic acids is 1. The van der Waals surface area contributed by atoms with Crippen molar-refractivity contribution in [3.8, 4) is 11.6 Å². The summed E-state index contributed by atoms with van der Waals surface area (Å²) < 4.78 is 30.6. The predicted octanol–water partition coefficient (Wildman–Crippen LogP) is 2.80. The van der Waals surface area contributed by atoms with Crippen molar-refractivity contribution >= 4 is 15.8 Å². The Balaban J connectivity index is 1.84. The molecule has 0 unspecified atom stereocenters. The minimum atomic E-state index is -3.75. The molecule has 3 rings (SSSR count). The molecule has 0 aliphatic carbocycles. The van der Waals surface area contributed by atoms with Gasteiger partial charge in [-0.05, 0) is 48.5 Å². The molecule has 1 aromatic heterocycles. The molecule has 7 nitrogen and oxygen atoms in total. The van der Waals surface area contributed by atoms with Gasteiger partial charge in [-0.2, -0.15) is 0 Å². The molecule has 1 heterocycles. The Kier molecular flexibility index (Phi) is 4.44. The summed E-state index contributed by atoms with van der Waals surface area (Å²) in [4.78, 5) is 18.6. The van der Waals surface area contributed by atoms with Gasteiger partial charge in [-0.1, -0.05) is 0 Å². The van der Waals surface area contributed by atoms with Crippen molar-refractivity contribution in [2.45, 2.75) is 9.79 Å². The van der Waals surface area contributed by atoms with Crippen LogP contribution in [0.1, 0.15) is 10.4 Å². The fourth-order valence-corrected chi connectivity index (χ4v) is 3.32. The van der Waals surface area contributed by atoms with Crippen LogP contribution in [0, 0.1) is 0 Å². The number of ether oxygens (including phenoxy) is 1. The summed E-state index contributed by atoms with van der Waals surface area (Å²) in [6.45, 7) is 0. The minimum absolute atomic E-state index is 0.0157. The van der Waals surface area contributed by atoms with Crippen LogP contribution in [-0.4, -0.2) is 29.5 Å². The van der Waals surface area contributed by atoms with Crippen LogP contribution in [0.5, 0.6) is 11.6 Å². The molecule has 126 valence electrons. The van der Waals surface area contributed by atoms with Crippen molar-refractivity contribution in [1.82, 2.24) is 9.97 Å². The van der Waals surface area contributed by atoms with Gasteiger partial charge in [0.15, 0.2) is 0 Å². The Morgan fingerprint density at radius 3 is 2.04 bits per heavy atom. The minimum Gasteiger partial charge on any atom is -0.478 e. The van der Waals surface area contributed by atoms with Crippen molar-refractivity contribution in [1.29, 1.82) is 0 Å². The molecule has 0 radical (unpaired) electrons. The molecule has 0 saturated heterocycles. The summed E-state index contributed by atoms with van der Waals surface area (Å²) >= 11 is 0. The van der Waals surface area contributed by atoms with Crippen LogP contribution in [0.4, 0.5) is 0 Å². The van der Waals surface area contributed by atoms with Gasteiger partial charge in [0.2, 0.25) is 15.7 Å². The average Bonchev–Trinajstić information content (AvgIpc) is 2.63. The van der Waals surface area contributed by atoms with Crippen molar-refractivity contribution in [3.05, 3.63) is 72.7 Å². The smallest absolute Gasteiger partial charge is 0.335 e. The Bertz CT molecular complexity index is 985. The lowest BCUT2D eigenvalue weighted by Crippen LogP contribution is -2.03. The van der Waals surface area contributed by atoms with E-state index in [2.05, 4.69) is 9.97 Å². The summed E-state index contributed by atoms with van der Waals surface area (Å²) in [5.41, 5.74) is 0.0209. The SMILES string of the molecule is O=C(O)c1ccc(S(=O)(=O)c2ccc(Oc3ccncn3)cc2)cc1. The number of aromatic nitrogens is 2. The van der Waals surface area contributed by atoms with E-state index in [9.17, 15) is 13.2 Å². The number of nitrogens with zero attached hydrogens (tertiary/aromatic N) is 2. The van der Waals surface area contributed by atoms with Gasteiger partial charge in [0.05, 0.1) is 15.4 Å². The van der Waals surface area contributed by atoms with Crippen LogP contribution in [0.15, 0.2) is 76.9 Å². The highest BCUT2D eigenvalue weighted by atomic mass is 32.2. The summed E-state index contributed by atoms with van der Waals surface area (Å²) in [5, 5.41) is 8.87. The van der Waals surface area contributed by atoms with Crippen LogP contribution in [0.2, 0.25) is 0 Å². The molecule has 1 N–H and O–H groups in total. The van der Waals surface area contributed by atoms with Crippen LogP contribution in [0.3, 0.4) is 0 Å². The van der Waals surface area contributed by atoms with E-state index >= 15 is 0 Å². The molecule has 2 aromatic carbocycles. The number of hydrogen-bond acceptors (Lipinski definition) is 6. The first-order valence-corrected chi connectivity index (χ1v) is 8.57. The average molecular weight is 356 g/mol. The third-order valence-electron chi connectivity index (χ3n) is 3.32. The van der Waals surface area contributed by atoms with E-state index < -0.39 is 15.8 Å². The molecule has 0 aliphatic rings. The fourth-order valence-electron chi connectivity index (χ4n) is 2.06. The highest BCUT2D eigenvalue weighted by Gasteiger charge is 2.18. The second-order valence-electron chi connectivity index (χ2n) is 4.95. The van der Waals surface area contributed by atoms with Gasteiger partial charge in [0.25, 0.3) is 0 Å². The quantitative estimate of drug-likeness (QED) is 0.749. The molecule has 3 aromatic rings. The zero-order valence-corrected chi connectivity index (χ0v) is 13.6. The molecular formula is C17H12N2O5S. The molecule has 0 amide bonds. The molecular weight excluding hydrogens is 344 g/mol. The lowest BCUT2D eigenvalue weighted by atomic mass is 10.2. The number of carbonyl (C=O) groups is 1. The van der Waals surface area contributed by atoms with Gasteiger partial charge in [-0.3, -0.25) is 0 Å². The van der Waals surface area contributed by atoms with Gasteiger partial charge in [0.1, 0.15) is 12.1 Å². The fraction of sp³-hybridized carbons (Fsp3) is 0. The van der Waals surface area contributed by atoms with Crippen molar-refractivity contribution < 1.29 is 23.1 Å². The monoisotopic (exact) mass is 356 g/mol. The number of benzene rings is 2. The lowest BCUT2D eigenvalue weighted by Gasteiger charge is -2.07. The van der Waals surface area contributed by atoms with Crippen LogP contribution in [-0.2, 0) is 9.84 Å². The van der Waals surface area contributed by atoms with Gasteiger partial charge in [-0.15, -0.1) is 0 Å². The molecule has 0 aliphatic heterocycles. The number of rotatable bonds is 5. The van der Waals surface area contributed by atoms with Gasteiger partial charge in [-0.25, -0.2) is 23.2 Å².